The highest BCUT2D eigenvalue weighted by molar-refractivity contribution is 5.85. The highest BCUT2D eigenvalue weighted by Gasteiger charge is 2.21. The molecule has 2 heterocycles. The number of hydrogen-bond acceptors (Lipinski definition) is 4. The van der Waals surface area contributed by atoms with Crippen LogP contribution in [-0.2, 0) is 6.54 Å². The molecular formula is C15H19ClN4. The predicted molar refractivity (Wildman–Crippen MR) is 83.2 cm³/mol. The highest BCUT2D eigenvalue weighted by Crippen LogP contribution is 2.29. The Morgan fingerprint density at radius 1 is 1.25 bits per heavy atom. The van der Waals surface area contributed by atoms with Gasteiger partial charge in [0.2, 0.25) is 0 Å². The maximum absolute atomic E-state index is 4.43. The van der Waals surface area contributed by atoms with E-state index in [0.717, 1.165) is 25.3 Å². The molecule has 0 bridgehead atoms. The number of nitrogens with one attached hydrogen (secondary N) is 1. The molecular weight excluding hydrogens is 272 g/mol. The van der Waals surface area contributed by atoms with Crippen LogP contribution in [0.25, 0.3) is 0 Å². The van der Waals surface area contributed by atoms with Gasteiger partial charge >= 0.3 is 0 Å². The van der Waals surface area contributed by atoms with E-state index < -0.39 is 0 Å². The molecule has 0 fully saturated rings. The molecule has 1 N–H and O–H groups in total. The lowest BCUT2D eigenvalue weighted by Crippen LogP contribution is -2.31. The Hall–Kier alpha value is -1.65. The second-order valence-electron chi connectivity index (χ2n) is 4.81. The molecule has 0 amide bonds. The third-order valence-corrected chi connectivity index (χ3v) is 3.62. The molecule has 1 atom stereocenters. The minimum absolute atomic E-state index is 0. The number of nitrogens with zero attached hydrogens (tertiary/aromatic N) is 3. The van der Waals surface area contributed by atoms with Crippen LogP contribution in [-0.4, -0.2) is 23.1 Å². The number of para-hydroxylation sites is 1. The zero-order valence-electron chi connectivity index (χ0n) is 11.5. The van der Waals surface area contributed by atoms with Gasteiger partial charge in [-0.2, -0.15) is 0 Å². The molecule has 1 aromatic heterocycles. The molecule has 20 heavy (non-hydrogen) atoms. The number of anilines is 1. The van der Waals surface area contributed by atoms with Crippen LogP contribution in [0.1, 0.15) is 24.2 Å². The molecule has 106 valence electrons. The molecule has 0 aliphatic carbocycles. The monoisotopic (exact) mass is 290 g/mol. The topological polar surface area (TPSA) is 41.1 Å². The fourth-order valence-electron chi connectivity index (χ4n) is 2.57. The molecule has 0 saturated carbocycles. The summed E-state index contributed by atoms with van der Waals surface area (Å²) in [5.74, 6) is 0. The molecule has 2 aromatic rings. The fourth-order valence-corrected chi connectivity index (χ4v) is 2.57. The van der Waals surface area contributed by atoms with Gasteiger partial charge in [0.25, 0.3) is 0 Å². The van der Waals surface area contributed by atoms with Crippen molar-refractivity contribution in [1.29, 1.82) is 0 Å². The number of hydrogen-bond donors (Lipinski definition) is 1. The molecule has 1 aliphatic heterocycles. The lowest BCUT2D eigenvalue weighted by atomic mass is 10.1. The van der Waals surface area contributed by atoms with Gasteiger partial charge in [-0.1, -0.05) is 18.2 Å². The first-order valence-electron chi connectivity index (χ1n) is 6.67. The summed E-state index contributed by atoms with van der Waals surface area (Å²) in [5.41, 5.74) is 3.65. The number of benzene rings is 1. The SMILES string of the molecule is CC(c1cnccn1)N1CCNCc2ccccc21.Cl. The minimum Gasteiger partial charge on any atom is -0.362 e. The second kappa shape index (κ2) is 6.68. The first kappa shape index (κ1) is 14.8. The van der Waals surface area contributed by atoms with Crippen molar-refractivity contribution in [3.8, 4) is 0 Å². The molecule has 0 spiro atoms. The van der Waals surface area contributed by atoms with E-state index in [1.807, 2.05) is 6.20 Å². The molecule has 0 saturated heterocycles. The minimum atomic E-state index is 0. The Bertz CT molecular complexity index is 547. The molecule has 5 heteroatoms. The zero-order chi connectivity index (χ0) is 13.1. The lowest BCUT2D eigenvalue weighted by molar-refractivity contribution is 0.626. The smallest absolute Gasteiger partial charge is 0.0808 e. The van der Waals surface area contributed by atoms with E-state index in [9.17, 15) is 0 Å². The van der Waals surface area contributed by atoms with Crippen LogP contribution in [0, 0.1) is 0 Å². The molecule has 1 aliphatic rings. The van der Waals surface area contributed by atoms with Crippen molar-refractivity contribution >= 4 is 18.1 Å². The van der Waals surface area contributed by atoms with E-state index in [2.05, 4.69) is 51.4 Å². The van der Waals surface area contributed by atoms with Gasteiger partial charge in [0, 0.05) is 37.7 Å². The van der Waals surface area contributed by atoms with Crippen LogP contribution in [0.4, 0.5) is 5.69 Å². The van der Waals surface area contributed by atoms with Crippen LogP contribution in [0.3, 0.4) is 0 Å². The quantitative estimate of drug-likeness (QED) is 0.923. The van der Waals surface area contributed by atoms with Crippen molar-refractivity contribution in [2.75, 3.05) is 18.0 Å². The van der Waals surface area contributed by atoms with Crippen molar-refractivity contribution in [2.24, 2.45) is 0 Å². The molecule has 1 aromatic carbocycles. The Labute approximate surface area is 125 Å². The Morgan fingerprint density at radius 2 is 2.10 bits per heavy atom. The van der Waals surface area contributed by atoms with Gasteiger partial charge in [-0.3, -0.25) is 9.97 Å². The summed E-state index contributed by atoms with van der Waals surface area (Å²) in [6.07, 6.45) is 5.33. The summed E-state index contributed by atoms with van der Waals surface area (Å²) < 4.78 is 0. The Balaban J connectivity index is 0.00000147. The first-order chi connectivity index (χ1) is 9.36. The summed E-state index contributed by atoms with van der Waals surface area (Å²) in [7, 11) is 0. The summed E-state index contributed by atoms with van der Waals surface area (Å²) in [4.78, 5) is 11.0. The molecule has 3 rings (SSSR count). The van der Waals surface area contributed by atoms with Crippen molar-refractivity contribution in [2.45, 2.75) is 19.5 Å². The van der Waals surface area contributed by atoms with Gasteiger partial charge in [0.05, 0.1) is 17.9 Å². The molecule has 4 nitrogen and oxygen atoms in total. The van der Waals surface area contributed by atoms with E-state index in [4.69, 9.17) is 0 Å². The van der Waals surface area contributed by atoms with E-state index in [1.165, 1.54) is 11.3 Å². The Morgan fingerprint density at radius 3 is 2.90 bits per heavy atom. The predicted octanol–water partition coefficient (Wildman–Crippen LogP) is 2.57. The first-order valence-corrected chi connectivity index (χ1v) is 6.67. The number of rotatable bonds is 2. The van der Waals surface area contributed by atoms with E-state index >= 15 is 0 Å². The average molecular weight is 291 g/mol. The average Bonchev–Trinajstić information content (AvgIpc) is 2.70. The largest absolute Gasteiger partial charge is 0.362 e. The lowest BCUT2D eigenvalue weighted by Gasteiger charge is -2.30. The number of halogens is 1. The van der Waals surface area contributed by atoms with Crippen molar-refractivity contribution in [1.82, 2.24) is 15.3 Å². The molecule has 0 radical (unpaired) electrons. The summed E-state index contributed by atoms with van der Waals surface area (Å²) in [6.45, 7) is 5.08. The fraction of sp³-hybridized carbons (Fsp3) is 0.333. The van der Waals surface area contributed by atoms with Gasteiger partial charge in [-0.05, 0) is 18.6 Å². The zero-order valence-corrected chi connectivity index (χ0v) is 12.3. The normalized spacial score (nSPS) is 15.8. The number of fused-ring (bicyclic) bond motifs is 1. The van der Waals surface area contributed by atoms with E-state index in [1.54, 1.807) is 12.4 Å². The summed E-state index contributed by atoms with van der Waals surface area (Å²) in [6, 6.07) is 8.80. The maximum Gasteiger partial charge on any atom is 0.0808 e. The van der Waals surface area contributed by atoms with Gasteiger partial charge in [0.1, 0.15) is 0 Å². The van der Waals surface area contributed by atoms with Crippen molar-refractivity contribution < 1.29 is 0 Å². The van der Waals surface area contributed by atoms with Gasteiger partial charge in [-0.15, -0.1) is 12.4 Å². The van der Waals surface area contributed by atoms with Crippen LogP contribution < -0.4 is 10.2 Å². The standard InChI is InChI=1S/C15H18N4.ClH/c1-12(14-11-16-6-7-18-14)19-9-8-17-10-13-4-2-3-5-15(13)19;/h2-7,11-12,17H,8-10H2,1H3;1H. The van der Waals surface area contributed by atoms with E-state index in [-0.39, 0.29) is 18.4 Å². The van der Waals surface area contributed by atoms with Crippen LogP contribution in [0.5, 0.6) is 0 Å². The number of aromatic nitrogens is 2. The third-order valence-electron chi connectivity index (χ3n) is 3.62. The maximum atomic E-state index is 4.43. The van der Waals surface area contributed by atoms with Crippen LogP contribution in [0.2, 0.25) is 0 Å². The second-order valence-corrected chi connectivity index (χ2v) is 4.81. The van der Waals surface area contributed by atoms with Crippen molar-refractivity contribution in [3.05, 3.63) is 54.1 Å². The summed E-state index contributed by atoms with van der Waals surface area (Å²) in [5, 5.41) is 3.46. The Kier molecular flexibility index (Phi) is 4.93. The molecule has 1 unspecified atom stereocenters. The van der Waals surface area contributed by atoms with Gasteiger partial charge in [-0.25, -0.2) is 0 Å². The summed E-state index contributed by atoms with van der Waals surface area (Å²) >= 11 is 0. The van der Waals surface area contributed by atoms with Crippen LogP contribution >= 0.6 is 12.4 Å². The van der Waals surface area contributed by atoms with E-state index in [0.29, 0.717) is 0 Å². The van der Waals surface area contributed by atoms with Gasteiger partial charge < -0.3 is 10.2 Å². The van der Waals surface area contributed by atoms with Crippen LogP contribution in [0.15, 0.2) is 42.9 Å². The van der Waals surface area contributed by atoms with Gasteiger partial charge in [0.15, 0.2) is 0 Å². The van der Waals surface area contributed by atoms with Crippen molar-refractivity contribution in [3.63, 3.8) is 0 Å². The third kappa shape index (κ3) is 2.92. The highest BCUT2D eigenvalue weighted by atomic mass is 35.5.